The van der Waals surface area contributed by atoms with Crippen molar-refractivity contribution >= 4 is 16.8 Å². The predicted octanol–water partition coefficient (Wildman–Crippen LogP) is 3.28. The van der Waals surface area contributed by atoms with Crippen LogP contribution < -0.4 is 0 Å². The normalized spacial score (nSPS) is 12.9. The molecule has 0 aliphatic heterocycles. The molecule has 0 aliphatic carbocycles. The highest BCUT2D eigenvalue weighted by atomic mass is 16.2. The van der Waals surface area contributed by atoms with Crippen LogP contribution in [-0.4, -0.2) is 28.9 Å². The topological polar surface area (TPSA) is 36.1 Å². The van der Waals surface area contributed by atoms with Crippen molar-refractivity contribution in [3.05, 3.63) is 36.0 Å². The Kier molecular flexibility index (Phi) is 3.41. The van der Waals surface area contributed by atoms with E-state index in [2.05, 4.69) is 25.8 Å². The summed E-state index contributed by atoms with van der Waals surface area (Å²) >= 11 is 0. The number of carbonyl (C=O) groups excluding carboxylic acids is 1. The first-order valence-electron chi connectivity index (χ1n) is 6.35. The first kappa shape index (κ1) is 12.7. The number of nitrogens with zero attached hydrogens (tertiary/aromatic N) is 1. The lowest BCUT2D eigenvalue weighted by Gasteiger charge is -2.28. The predicted molar refractivity (Wildman–Crippen MR) is 74.7 cm³/mol. The molecule has 1 heterocycles. The van der Waals surface area contributed by atoms with Crippen molar-refractivity contribution in [3.63, 3.8) is 0 Å². The van der Waals surface area contributed by atoms with E-state index in [1.807, 2.05) is 42.4 Å². The molecule has 0 radical (unpaired) electrons. The van der Waals surface area contributed by atoms with Crippen LogP contribution in [0.25, 0.3) is 10.9 Å². The van der Waals surface area contributed by atoms with E-state index in [-0.39, 0.29) is 11.9 Å². The molecule has 2 rings (SSSR count). The molecule has 2 aromatic rings. The molecule has 0 fully saturated rings. The van der Waals surface area contributed by atoms with Crippen LogP contribution in [0.3, 0.4) is 0 Å². The Morgan fingerprint density at radius 1 is 1.22 bits per heavy atom. The Labute approximate surface area is 108 Å². The van der Waals surface area contributed by atoms with Crippen LogP contribution in [0.1, 0.15) is 31.1 Å². The maximum Gasteiger partial charge on any atom is 0.253 e. The van der Waals surface area contributed by atoms with Crippen LogP contribution in [0.5, 0.6) is 0 Å². The summed E-state index contributed by atoms with van der Waals surface area (Å²) in [5, 5.41) is 1.13. The van der Waals surface area contributed by atoms with E-state index in [0.29, 0.717) is 5.92 Å². The minimum Gasteiger partial charge on any atom is -0.361 e. The molecule has 1 aromatic heterocycles. The zero-order chi connectivity index (χ0) is 13.3. The first-order valence-corrected chi connectivity index (χ1v) is 6.35. The van der Waals surface area contributed by atoms with Gasteiger partial charge in [-0.2, -0.15) is 0 Å². The largest absolute Gasteiger partial charge is 0.361 e. The zero-order valence-electron chi connectivity index (χ0n) is 11.4. The number of benzene rings is 1. The van der Waals surface area contributed by atoms with Crippen molar-refractivity contribution in [2.45, 2.75) is 26.8 Å². The number of fused-ring (bicyclic) bond motifs is 1. The van der Waals surface area contributed by atoms with Crippen molar-refractivity contribution in [3.8, 4) is 0 Å². The third kappa shape index (κ3) is 2.26. The van der Waals surface area contributed by atoms with Gasteiger partial charge in [-0.25, -0.2) is 0 Å². The van der Waals surface area contributed by atoms with Gasteiger partial charge in [0.15, 0.2) is 0 Å². The summed E-state index contributed by atoms with van der Waals surface area (Å²) in [6.07, 6.45) is 1.89. The third-order valence-corrected chi connectivity index (χ3v) is 3.70. The number of rotatable bonds is 3. The van der Waals surface area contributed by atoms with Crippen LogP contribution >= 0.6 is 0 Å². The monoisotopic (exact) mass is 244 g/mol. The molecule has 3 nitrogen and oxygen atoms in total. The number of nitrogens with one attached hydrogen (secondary N) is 1. The molecule has 1 atom stereocenters. The smallest absolute Gasteiger partial charge is 0.253 e. The summed E-state index contributed by atoms with van der Waals surface area (Å²) < 4.78 is 0. The van der Waals surface area contributed by atoms with E-state index in [0.717, 1.165) is 16.5 Å². The molecular formula is C15H20N2O. The Balaban J connectivity index is 2.27. The highest BCUT2D eigenvalue weighted by Gasteiger charge is 2.19. The second-order valence-corrected chi connectivity index (χ2v) is 5.18. The summed E-state index contributed by atoms with van der Waals surface area (Å²) in [5.74, 6) is 0.529. The third-order valence-electron chi connectivity index (χ3n) is 3.70. The van der Waals surface area contributed by atoms with Gasteiger partial charge in [0.25, 0.3) is 5.91 Å². The minimum absolute atomic E-state index is 0.0766. The molecule has 1 aromatic carbocycles. The van der Waals surface area contributed by atoms with Gasteiger partial charge in [-0.15, -0.1) is 0 Å². The minimum atomic E-state index is 0.0766. The van der Waals surface area contributed by atoms with Crippen LogP contribution in [-0.2, 0) is 0 Å². The van der Waals surface area contributed by atoms with E-state index < -0.39 is 0 Å². The van der Waals surface area contributed by atoms with Gasteiger partial charge in [0.2, 0.25) is 0 Å². The number of aromatic amines is 1. The molecule has 1 amide bonds. The molecule has 0 aliphatic rings. The van der Waals surface area contributed by atoms with Crippen molar-refractivity contribution in [2.75, 3.05) is 7.05 Å². The summed E-state index contributed by atoms with van der Waals surface area (Å²) in [6.45, 7) is 6.33. The summed E-state index contributed by atoms with van der Waals surface area (Å²) in [5.41, 5.74) is 1.74. The van der Waals surface area contributed by atoms with E-state index in [1.165, 1.54) is 0 Å². The second-order valence-electron chi connectivity index (χ2n) is 5.18. The number of carbonyl (C=O) groups is 1. The second kappa shape index (κ2) is 4.84. The maximum absolute atomic E-state index is 12.4. The van der Waals surface area contributed by atoms with Crippen molar-refractivity contribution < 1.29 is 4.79 Å². The fraction of sp³-hybridized carbons (Fsp3) is 0.400. The van der Waals surface area contributed by atoms with Crippen molar-refractivity contribution in [1.82, 2.24) is 9.88 Å². The zero-order valence-corrected chi connectivity index (χ0v) is 11.4. The average Bonchev–Trinajstić information content (AvgIpc) is 2.82. The number of aromatic nitrogens is 1. The van der Waals surface area contributed by atoms with E-state index in [9.17, 15) is 4.79 Å². The SMILES string of the molecule is CC(C)C(C)N(C)C(=O)c1ccc2cc[nH]c2c1. The molecule has 1 unspecified atom stereocenters. The first-order chi connectivity index (χ1) is 8.50. The Bertz CT molecular complexity index is 556. The van der Waals surface area contributed by atoms with Gasteiger partial charge in [0, 0.05) is 30.4 Å². The van der Waals surface area contributed by atoms with Crippen LogP contribution in [0.4, 0.5) is 0 Å². The van der Waals surface area contributed by atoms with Gasteiger partial charge in [0.05, 0.1) is 0 Å². The lowest BCUT2D eigenvalue weighted by Crippen LogP contribution is -2.38. The van der Waals surface area contributed by atoms with Crippen LogP contribution in [0.2, 0.25) is 0 Å². The standard InChI is InChI=1S/C15H20N2O/c1-10(2)11(3)17(4)15(18)13-6-5-12-7-8-16-14(12)9-13/h5-11,16H,1-4H3. The van der Waals surface area contributed by atoms with Crippen LogP contribution in [0, 0.1) is 5.92 Å². The highest BCUT2D eigenvalue weighted by Crippen LogP contribution is 2.17. The molecule has 96 valence electrons. The average molecular weight is 244 g/mol. The Morgan fingerprint density at radius 2 is 1.94 bits per heavy atom. The maximum atomic E-state index is 12.4. The van der Waals surface area contributed by atoms with E-state index in [1.54, 1.807) is 0 Å². The molecule has 1 N–H and O–H groups in total. The van der Waals surface area contributed by atoms with Gasteiger partial charge >= 0.3 is 0 Å². The quantitative estimate of drug-likeness (QED) is 0.883. The number of hydrogen-bond acceptors (Lipinski definition) is 1. The fourth-order valence-electron chi connectivity index (χ4n) is 2.02. The molecule has 18 heavy (non-hydrogen) atoms. The summed E-state index contributed by atoms with van der Waals surface area (Å²) in [4.78, 5) is 17.3. The summed E-state index contributed by atoms with van der Waals surface area (Å²) in [7, 11) is 1.87. The Morgan fingerprint density at radius 3 is 2.61 bits per heavy atom. The van der Waals surface area contributed by atoms with Crippen molar-refractivity contribution in [1.29, 1.82) is 0 Å². The van der Waals surface area contributed by atoms with Gasteiger partial charge < -0.3 is 9.88 Å². The lowest BCUT2D eigenvalue weighted by atomic mass is 10.0. The molecule has 0 saturated heterocycles. The summed E-state index contributed by atoms with van der Waals surface area (Å²) in [6, 6.07) is 8.03. The fourth-order valence-corrected chi connectivity index (χ4v) is 2.02. The highest BCUT2D eigenvalue weighted by molar-refractivity contribution is 5.97. The van der Waals surface area contributed by atoms with Crippen LogP contribution in [0.15, 0.2) is 30.5 Å². The van der Waals surface area contributed by atoms with E-state index in [4.69, 9.17) is 0 Å². The number of amides is 1. The van der Waals surface area contributed by atoms with Gasteiger partial charge in [-0.1, -0.05) is 19.9 Å². The lowest BCUT2D eigenvalue weighted by molar-refractivity contribution is 0.0707. The number of H-pyrrole nitrogens is 1. The molecular weight excluding hydrogens is 224 g/mol. The van der Waals surface area contributed by atoms with E-state index >= 15 is 0 Å². The van der Waals surface area contributed by atoms with Gasteiger partial charge in [-0.05, 0) is 36.4 Å². The molecule has 0 spiro atoms. The molecule has 0 saturated carbocycles. The van der Waals surface area contributed by atoms with Gasteiger partial charge in [0.1, 0.15) is 0 Å². The van der Waals surface area contributed by atoms with Gasteiger partial charge in [-0.3, -0.25) is 4.79 Å². The molecule has 0 bridgehead atoms. The molecule has 3 heteroatoms. The van der Waals surface area contributed by atoms with Crippen molar-refractivity contribution in [2.24, 2.45) is 5.92 Å². The Hall–Kier alpha value is -1.77. The number of hydrogen-bond donors (Lipinski definition) is 1.